The summed E-state index contributed by atoms with van der Waals surface area (Å²) in [4.78, 5) is 25.2. The van der Waals surface area contributed by atoms with Crippen LogP contribution in [0.5, 0.6) is 0 Å². The molecule has 1 N–H and O–H groups in total. The summed E-state index contributed by atoms with van der Waals surface area (Å²) in [6.07, 6.45) is 4.12. The Hall–Kier alpha value is -2.21. The van der Waals surface area contributed by atoms with Crippen molar-refractivity contribution in [2.75, 3.05) is 11.9 Å². The zero-order valence-corrected chi connectivity index (χ0v) is 13.2. The van der Waals surface area contributed by atoms with Gasteiger partial charge in [0.1, 0.15) is 5.82 Å². The lowest BCUT2D eigenvalue weighted by Crippen LogP contribution is -2.21. The number of rotatable bonds is 4. The van der Waals surface area contributed by atoms with Crippen molar-refractivity contribution in [3.05, 3.63) is 51.5 Å². The Balaban J connectivity index is 1.56. The third-order valence-corrected chi connectivity index (χ3v) is 4.81. The van der Waals surface area contributed by atoms with E-state index >= 15 is 0 Å². The number of benzene rings is 1. The number of hydrogen-bond donors (Lipinski definition) is 1. The summed E-state index contributed by atoms with van der Waals surface area (Å²) < 4.78 is 18.1. The molecule has 4 nitrogen and oxygen atoms in total. The summed E-state index contributed by atoms with van der Waals surface area (Å²) in [6.45, 7) is -0.389. The number of ether oxygens (including phenoxy) is 1. The van der Waals surface area contributed by atoms with Crippen LogP contribution in [0.15, 0.2) is 29.6 Å². The van der Waals surface area contributed by atoms with Gasteiger partial charge in [0, 0.05) is 15.9 Å². The summed E-state index contributed by atoms with van der Waals surface area (Å²) in [5.74, 6) is -1.41. The number of hydrogen-bond acceptors (Lipinski definition) is 4. The molecule has 0 unspecified atom stereocenters. The Morgan fingerprint density at radius 2 is 2.09 bits per heavy atom. The number of esters is 1. The predicted molar refractivity (Wildman–Crippen MR) is 86.3 cm³/mol. The maximum absolute atomic E-state index is 13.0. The lowest BCUT2D eigenvalue weighted by Gasteiger charge is -2.12. The summed E-state index contributed by atoms with van der Waals surface area (Å²) in [7, 11) is 0. The van der Waals surface area contributed by atoms with Crippen LogP contribution in [0.2, 0.25) is 0 Å². The molecular weight excluding hydrogens is 317 g/mol. The summed E-state index contributed by atoms with van der Waals surface area (Å²) >= 11 is 1.58. The molecule has 1 amide bonds. The number of halogens is 1. The summed E-state index contributed by atoms with van der Waals surface area (Å²) in [6, 6.07) is 5.55. The van der Waals surface area contributed by atoms with Gasteiger partial charge in [-0.25, -0.2) is 9.18 Å². The van der Waals surface area contributed by atoms with Gasteiger partial charge in [-0.05, 0) is 49.4 Å². The monoisotopic (exact) mass is 333 g/mol. The summed E-state index contributed by atoms with van der Waals surface area (Å²) in [5.41, 5.74) is 1.97. The molecule has 1 aliphatic carbocycles. The van der Waals surface area contributed by atoms with Crippen molar-refractivity contribution in [3.8, 4) is 0 Å². The van der Waals surface area contributed by atoms with Gasteiger partial charge in [0.05, 0.1) is 5.56 Å². The molecule has 1 aromatic carbocycles. The lowest BCUT2D eigenvalue weighted by molar-refractivity contribution is -0.119. The fourth-order valence-corrected chi connectivity index (χ4v) is 3.75. The maximum atomic E-state index is 13.0. The topological polar surface area (TPSA) is 55.4 Å². The molecule has 0 spiro atoms. The van der Waals surface area contributed by atoms with E-state index in [1.54, 1.807) is 17.4 Å². The SMILES string of the molecule is O=C(COC(=O)c1csc2c1CCCC2)Nc1cccc(F)c1. The minimum Gasteiger partial charge on any atom is -0.452 e. The van der Waals surface area contributed by atoms with Crippen LogP contribution in [-0.2, 0) is 22.4 Å². The fraction of sp³-hybridized carbons (Fsp3) is 0.294. The molecule has 0 bridgehead atoms. The number of fused-ring (bicyclic) bond motifs is 1. The third kappa shape index (κ3) is 3.76. The van der Waals surface area contributed by atoms with Crippen molar-refractivity contribution in [2.24, 2.45) is 0 Å². The Morgan fingerprint density at radius 1 is 1.26 bits per heavy atom. The predicted octanol–water partition coefficient (Wildman–Crippen LogP) is 3.56. The second-order valence-electron chi connectivity index (χ2n) is 5.39. The molecule has 0 radical (unpaired) electrons. The number of anilines is 1. The number of carbonyl (C=O) groups excluding carboxylic acids is 2. The van der Waals surface area contributed by atoms with Crippen LogP contribution >= 0.6 is 11.3 Å². The van der Waals surface area contributed by atoms with Crippen molar-refractivity contribution in [2.45, 2.75) is 25.7 Å². The van der Waals surface area contributed by atoms with Crippen LogP contribution < -0.4 is 5.32 Å². The van der Waals surface area contributed by atoms with Gasteiger partial charge in [-0.15, -0.1) is 11.3 Å². The minimum absolute atomic E-state index is 0.332. The molecule has 0 saturated heterocycles. The zero-order chi connectivity index (χ0) is 16.2. The average Bonchev–Trinajstić information content (AvgIpc) is 2.97. The average molecular weight is 333 g/mol. The van der Waals surface area contributed by atoms with Crippen LogP contribution in [-0.4, -0.2) is 18.5 Å². The first-order valence-electron chi connectivity index (χ1n) is 7.45. The highest BCUT2D eigenvalue weighted by Gasteiger charge is 2.21. The van der Waals surface area contributed by atoms with Gasteiger partial charge in [0.15, 0.2) is 6.61 Å². The van der Waals surface area contributed by atoms with Crippen molar-refractivity contribution < 1.29 is 18.7 Å². The van der Waals surface area contributed by atoms with Crippen LogP contribution in [0.4, 0.5) is 10.1 Å². The van der Waals surface area contributed by atoms with Gasteiger partial charge < -0.3 is 10.1 Å². The van der Waals surface area contributed by atoms with E-state index in [0.717, 1.165) is 31.2 Å². The molecule has 0 aliphatic heterocycles. The van der Waals surface area contributed by atoms with E-state index in [2.05, 4.69) is 5.32 Å². The van der Waals surface area contributed by atoms with Gasteiger partial charge in [0.2, 0.25) is 0 Å². The number of nitrogens with one attached hydrogen (secondary N) is 1. The number of carbonyl (C=O) groups is 2. The Morgan fingerprint density at radius 3 is 2.91 bits per heavy atom. The molecule has 3 rings (SSSR count). The summed E-state index contributed by atoms with van der Waals surface area (Å²) in [5, 5.41) is 4.30. The van der Waals surface area contributed by atoms with Crippen molar-refractivity contribution in [3.63, 3.8) is 0 Å². The molecule has 1 aliphatic rings. The highest BCUT2D eigenvalue weighted by Crippen LogP contribution is 2.30. The van der Waals surface area contributed by atoms with E-state index in [0.29, 0.717) is 11.3 Å². The van der Waals surface area contributed by atoms with Gasteiger partial charge in [-0.3, -0.25) is 4.79 Å². The van der Waals surface area contributed by atoms with Crippen molar-refractivity contribution in [1.82, 2.24) is 0 Å². The first kappa shape index (κ1) is 15.7. The largest absolute Gasteiger partial charge is 0.452 e. The first-order valence-corrected chi connectivity index (χ1v) is 8.33. The molecule has 0 atom stereocenters. The first-order chi connectivity index (χ1) is 11.1. The highest BCUT2D eigenvalue weighted by molar-refractivity contribution is 7.10. The van der Waals surface area contributed by atoms with Crippen LogP contribution in [0.25, 0.3) is 0 Å². The van der Waals surface area contributed by atoms with Crippen LogP contribution in [0.3, 0.4) is 0 Å². The quantitative estimate of drug-likeness (QED) is 0.871. The molecule has 1 heterocycles. The number of thiophene rings is 1. The van der Waals surface area contributed by atoms with E-state index in [4.69, 9.17) is 4.74 Å². The Kier molecular flexibility index (Phi) is 4.71. The van der Waals surface area contributed by atoms with E-state index in [9.17, 15) is 14.0 Å². The zero-order valence-electron chi connectivity index (χ0n) is 12.4. The lowest BCUT2D eigenvalue weighted by atomic mass is 9.96. The Labute approximate surface area is 137 Å². The fourth-order valence-electron chi connectivity index (χ4n) is 2.64. The van der Waals surface area contributed by atoms with Crippen LogP contribution in [0, 0.1) is 5.82 Å². The minimum atomic E-state index is -0.493. The van der Waals surface area contributed by atoms with Gasteiger partial charge in [-0.1, -0.05) is 6.07 Å². The standard InChI is InChI=1S/C17H16FNO3S/c18-11-4-3-5-12(8-11)19-16(20)9-22-17(21)14-10-23-15-7-2-1-6-13(14)15/h3-5,8,10H,1-2,6-7,9H2,(H,19,20). The smallest absolute Gasteiger partial charge is 0.339 e. The van der Waals surface area contributed by atoms with Gasteiger partial charge >= 0.3 is 5.97 Å². The molecule has 0 fully saturated rings. The third-order valence-electron chi connectivity index (χ3n) is 3.72. The van der Waals surface area contributed by atoms with Crippen molar-refractivity contribution in [1.29, 1.82) is 0 Å². The Bertz CT molecular complexity index is 741. The molecule has 0 saturated carbocycles. The second kappa shape index (κ2) is 6.91. The molecule has 6 heteroatoms. The molecule has 1 aromatic heterocycles. The van der Waals surface area contributed by atoms with E-state index in [1.807, 2.05) is 5.38 Å². The van der Waals surface area contributed by atoms with Gasteiger partial charge in [-0.2, -0.15) is 0 Å². The number of aryl methyl sites for hydroxylation is 1. The second-order valence-corrected chi connectivity index (χ2v) is 6.36. The van der Waals surface area contributed by atoms with Gasteiger partial charge in [0.25, 0.3) is 5.91 Å². The molecule has 23 heavy (non-hydrogen) atoms. The molecule has 2 aromatic rings. The number of amides is 1. The maximum Gasteiger partial charge on any atom is 0.339 e. The molecule has 120 valence electrons. The van der Waals surface area contributed by atoms with E-state index in [-0.39, 0.29) is 6.61 Å². The highest BCUT2D eigenvalue weighted by atomic mass is 32.1. The van der Waals surface area contributed by atoms with E-state index < -0.39 is 17.7 Å². The van der Waals surface area contributed by atoms with Crippen molar-refractivity contribution >= 4 is 28.9 Å². The molecular formula is C17H16FNO3S. The van der Waals surface area contributed by atoms with Crippen LogP contribution in [0.1, 0.15) is 33.6 Å². The van der Waals surface area contributed by atoms with E-state index in [1.165, 1.54) is 23.1 Å². The normalized spacial score (nSPS) is 13.3.